The van der Waals surface area contributed by atoms with E-state index >= 15 is 0 Å². The third-order valence-electron chi connectivity index (χ3n) is 5.86. The van der Waals surface area contributed by atoms with Crippen molar-refractivity contribution in [2.75, 3.05) is 52.6 Å². The van der Waals surface area contributed by atoms with Crippen molar-refractivity contribution in [2.45, 2.75) is 32.9 Å². The van der Waals surface area contributed by atoms with Crippen molar-refractivity contribution in [3.05, 3.63) is 46.7 Å². The molecule has 0 saturated carbocycles. The minimum absolute atomic E-state index is 0.00327. The number of hydrazone groups is 1. The quantitative estimate of drug-likeness (QED) is 0.511. The fourth-order valence-electron chi connectivity index (χ4n) is 4.17. The number of carbonyl (C=O) groups excluding carboxylic acids is 2. The predicted molar refractivity (Wildman–Crippen MR) is 122 cm³/mol. The minimum Gasteiger partial charge on any atom is -0.463 e. The molecule has 2 heterocycles. The van der Waals surface area contributed by atoms with Gasteiger partial charge in [-0.05, 0) is 32.4 Å². The van der Waals surface area contributed by atoms with Crippen LogP contribution in [0.15, 0.2) is 40.6 Å². The summed E-state index contributed by atoms with van der Waals surface area (Å²) >= 11 is 0. The van der Waals surface area contributed by atoms with Gasteiger partial charge in [-0.1, -0.05) is 18.2 Å². The second-order valence-corrected chi connectivity index (χ2v) is 8.02. The molecule has 0 spiro atoms. The Hall–Kier alpha value is -2.92. The molecule has 1 aromatic rings. The second-order valence-electron chi connectivity index (χ2n) is 8.02. The molecule has 0 N–H and O–H groups in total. The van der Waals surface area contributed by atoms with E-state index in [9.17, 15) is 22.8 Å². The van der Waals surface area contributed by atoms with E-state index in [1.165, 1.54) is 23.2 Å². The van der Waals surface area contributed by atoms with Crippen LogP contribution in [-0.2, 0) is 30.0 Å². The van der Waals surface area contributed by atoms with E-state index < -0.39 is 29.6 Å². The highest BCUT2D eigenvalue weighted by Gasteiger charge is 2.44. The van der Waals surface area contributed by atoms with Gasteiger partial charge in [0.05, 0.1) is 50.0 Å². The van der Waals surface area contributed by atoms with Crippen molar-refractivity contribution in [1.82, 2.24) is 9.91 Å². The average Bonchev–Trinajstić information content (AvgIpc) is 2.83. The molecule has 11 heteroatoms. The first kappa shape index (κ1) is 26.7. The zero-order valence-electron chi connectivity index (χ0n) is 20.1. The number of alkyl halides is 3. The van der Waals surface area contributed by atoms with E-state index in [1.807, 2.05) is 0 Å². The number of hydrogen-bond donors (Lipinski definition) is 0. The Bertz CT molecular complexity index is 987. The molecule has 1 fully saturated rings. The molecule has 1 saturated heterocycles. The molecule has 1 atom stereocenters. The lowest BCUT2D eigenvalue weighted by Crippen LogP contribution is -2.43. The highest BCUT2D eigenvalue weighted by Crippen LogP contribution is 2.41. The Morgan fingerprint density at radius 2 is 1.69 bits per heavy atom. The summed E-state index contributed by atoms with van der Waals surface area (Å²) in [4.78, 5) is 28.2. The Labute approximate surface area is 202 Å². The zero-order chi connectivity index (χ0) is 25.6. The zero-order valence-corrected chi connectivity index (χ0v) is 20.1. The molecule has 8 nitrogen and oxygen atoms in total. The number of nitrogens with zero attached hydrogens (tertiary/aromatic N) is 3. The average molecular weight is 498 g/mol. The molecule has 0 aliphatic carbocycles. The monoisotopic (exact) mass is 497 g/mol. The van der Waals surface area contributed by atoms with Crippen LogP contribution in [0.1, 0.15) is 37.8 Å². The highest BCUT2D eigenvalue weighted by molar-refractivity contribution is 6.40. The van der Waals surface area contributed by atoms with Crippen LogP contribution in [0.25, 0.3) is 0 Å². The SMILES string of the molecule is CCOC(=O)C1=NN(CCN2CCOCC2)C(C)=C(C(=O)OCC)C1c1ccccc1C(F)(F)F. The first-order valence-electron chi connectivity index (χ1n) is 11.6. The number of hydrogen-bond acceptors (Lipinski definition) is 8. The fraction of sp³-hybridized carbons (Fsp3) is 0.542. The topological polar surface area (TPSA) is 80.7 Å². The number of benzene rings is 1. The van der Waals surface area contributed by atoms with Gasteiger partial charge in [0.25, 0.3) is 0 Å². The Morgan fingerprint density at radius 3 is 2.31 bits per heavy atom. The van der Waals surface area contributed by atoms with Crippen LogP contribution in [0, 0.1) is 0 Å². The number of esters is 2. The molecule has 2 aliphatic rings. The van der Waals surface area contributed by atoms with Crippen molar-refractivity contribution in [2.24, 2.45) is 5.10 Å². The Morgan fingerprint density at radius 1 is 1.06 bits per heavy atom. The summed E-state index contributed by atoms with van der Waals surface area (Å²) < 4.78 is 57.6. The van der Waals surface area contributed by atoms with Gasteiger partial charge in [0.1, 0.15) is 0 Å². The van der Waals surface area contributed by atoms with Crippen molar-refractivity contribution < 1.29 is 37.0 Å². The third-order valence-corrected chi connectivity index (χ3v) is 5.86. The molecule has 0 bridgehead atoms. The van der Waals surface area contributed by atoms with Gasteiger partial charge in [-0.15, -0.1) is 0 Å². The van der Waals surface area contributed by atoms with Crippen LogP contribution >= 0.6 is 0 Å². The van der Waals surface area contributed by atoms with E-state index in [1.54, 1.807) is 20.8 Å². The normalized spacial score (nSPS) is 19.4. The van der Waals surface area contributed by atoms with Crippen molar-refractivity contribution in [1.29, 1.82) is 0 Å². The summed E-state index contributed by atoms with van der Waals surface area (Å²) in [6, 6.07) is 4.85. The van der Waals surface area contributed by atoms with Gasteiger partial charge in [0.15, 0.2) is 5.71 Å². The fourth-order valence-corrected chi connectivity index (χ4v) is 4.17. The van der Waals surface area contributed by atoms with Crippen molar-refractivity contribution in [3.63, 3.8) is 0 Å². The van der Waals surface area contributed by atoms with Gasteiger partial charge in [-0.25, -0.2) is 9.59 Å². The number of carbonyl (C=O) groups is 2. The van der Waals surface area contributed by atoms with E-state index in [0.29, 0.717) is 32.0 Å². The number of ether oxygens (including phenoxy) is 3. The molecule has 0 amide bonds. The minimum atomic E-state index is -4.71. The summed E-state index contributed by atoms with van der Waals surface area (Å²) in [5.74, 6) is -3.09. The number of morpholine rings is 1. The van der Waals surface area contributed by atoms with E-state index in [4.69, 9.17) is 14.2 Å². The van der Waals surface area contributed by atoms with Gasteiger partial charge < -0.3 is 14.2 Å². The molecule has 192 valence electrons. The number of allylic oxidation sites excluding steroid dienone is 1. The van der Waals surface area contributed by atoms with Crippen LogP contribution in [0.5, 0.6) is 0 Å². The molecular weight excluding hydrogens is 467 g/mol. The predicted octanol–water partition coefficient (Wildman–Crippen LogP) is 3.19. The van der Waals surface area contributed by atoms with Gasteiger partial charge in [0, 0.05) is 25.3 Å². The lowest BCUT2D eigenvalue weighted by molar-refractivity contribution is -0.141. The van der Waals surface area contributed by atoms with Gasteiger partial charge >= 0.3 is 18.1 Å². The van der Waals surface area contributed by atoms with Gasteiger partial charge in [-0.2, -0.15) is 18.3 Å². The molecule has 0 aromatic heterocycles. The summed E-state index contributed by atoms with van der Waals surface area (Å²) in [7, 11) is 0. The van der Waals surface area contributed by atoms with Crippen molar-refractivity contribution in [3.8, 4) is 0 Å². The van der Waals surface area contributed by atoms with E-state index in [-0.39, 0.29) is 30.1 Å². The van der Waals surface area contributed by atoms with E-state index in [2.05, 4.69) is 10.0 Å². The smallest absolute Gasteiger partial charge is 0.416 e. The maximum atomic E-state index is 13.9. The summed E-state index contributed by atoms with van der Waals surface area (Å²) in [6.45, 7) is 8.29. The van der Waals surface area contributed by atoms with Crippen molar-refractivity contribution >= 4 is 17.7 Å². The molecular formula is C24H30F3N3O5. The van der Waals surface area contributed by atoms with Crippen LogP contribution < -0.4 is 0 Å². The third kappa shape index (κ3) is 6.21. The number of rotatable bonds is 8. The lowest BCUT2D eigenvalue weighted by Gasteiger charge is -2.35. The summed E-state index contributed by atoms with van der Waals surface area (Å²) in [6.07, 6.45) is -4.71. The molecule has 35 heavy (non-hydrogen) atoms. The van der Waals surface area contributed by atoms with Gasteiger partial charge in [-0.3, -0.25) is 9.91 Å². The second kappa shape index (κ2) is 11.7. The van der Waals surface area contributed by atoms with Crippen LogP contribution in [-0.4, -0.2) is 80.2 Å². The standard InChI is InChI=1S/C24H30F3N3O5/c1-4-34-22(31)19-16(3)30(11-10-29-12-14-33-15-13-29)28-21(23(32)35-5-2)20(19)17-8-6-7-9-18(17)24(25,26)27/h6-9,20H,4-5,10-15H2,1-3H3. The molecule has 1 aromatic carbocycles. The molecule has 1 unspecified atom stereocenters. The number of halogens is 3. The largest absolute Gasteiger partial charge is 0.463 e. The lowest BCUT2D eigenvalue weighted by atomic mass is 9.82. The van der Waals surface area contributed by atoms with Gasteiger partial charge in [0.2, 0.25) is 0 Å². The van der Waals surface area contributed by atoms with E-state index in [0.717, 1.165) is 19.2 Å². The molecule has 0 radical (unpaired) electrons. The van der Waals surface area contributed by atoms with Crippen LogP contribution in [0.3, 0.4) is 0 Å². The molecule has 3 rings (SSSR count). The first-order chi connectivity index (χ1) is 16.7. The maximum Gasteiger partial charge on any atom is 0.416 e. The first-order valence-corrected chi connectivity index (χ1v) is 11.6. The highest BCUT2D eigenvalue weighted by atomic mass is 19.4. The van der Waals surface area contributed by atoms with Crippen LogP contribution in [0.2, 0.25) is 0 Å². The Kier molecular flexibility index (Phi) is 8.90. The summed E-state index contributed by atoms with van der Waals surface area (Å²) in [5.41, 5.74) is -1.25. The Balaban J connectivity index is 2.12. The summed E-state index contributed by atoms with van der Waals surface area (Å²) in [5, 5.41) is 5.90. The van der Waals surface area contributed by atoms with Crippen LogP contribution in [0.4, 0.5) is 13.2 Å². The molecule has 2 aliphatic heterocycles. The maximum absolute atomic E-state index is 13.9.